The summed E-state index contributed by atoms with van der Waals surface area (Å²) in [7, 11) is 1.62. The van der Waals surface area contributed by atoms with Crippen LogP contribution in [0.3, 0.4) is 0 Å². The van der Waals surface area contributed by atoms with Crippen molar-refractivity contribution in [3.8, 4) is 11.4 Å². The lowest BCUT2D eigenvalue weighted by Gasteiger charge is -2.09. The van der Waals surface area contributed by atoms with Crippen LogP contribution in [0, 0.1) is 6.92 Å². The fourth-order valence-corrected chi connectivity index (χ4v) is 2.20. The lowest BCUT2D eigenvalue weighted by atomic mass is 10.1. The van der Waals surface area contributed by atoms with Crippen LogP contribution in [-0.2, 0) is 11.3 Å². The molecule has 0 radical (unpaired) electrons. The fraction of sp³-hybridized carbons (Fsp3) is 0.231. The maximum absolute atomic E-state index is 5.89. The van der Waals surface area contributed by atoms with E-state index in [0.717, 1.165) is 21.3 Å². The van der Waals surface area contributed by atoms with Gasteiger partial charge in [-0.2, -0.15) is 0 Å². The van der Waals surface area contributed by atoms with Gasteiger partial charge in [-0.1, -0.05) is 22.0 Å². The third-order valence-corrected chi connectivity index (χ3v) is 4.40. The van der Waals surface area contributed by atoms with Crippen molar-refractivity contribution in [2.75, 3.05) is 12.8 Å². The van der Waals surface area contributed by atoms with E-state index in [-0.39, 0.29) is 0 Å². The predicted molar refractivity (Wildman–Crippen MR) is 82.7 cm³/mol. The van der Waals surface area contributed by atoms with Crippen LogP contribution in [0.1, 0.15) is 11.3 Å². The number of hydrogen-bond acceptors (Lipinski definition) is 4. The van der Waals surface area contributed by atoms with Gasteiger partial charge >= 0.3 is 0 Å². The summed E-state index contributed by atoms with van der Waals surface area (Å²) in [5.74, 6) is 1.01. The first kappa shape index (κ1) is 14.4. The van der Waals surface area contributed by atoms with Crippen LogP contribution in [0.25, 0.3) is 11.4 Å². The van der Waals surface area contributed by atoms with Crippen LogP contribution in [-0.4, -0.2) is 17.1 Å². The lowest BCUT2D eigenvalue weighted by molar-refractivity contribution is 0.181. The van der Waals surface area contributed by atoms with Crippen LogP contribution in [0.5, 0.6) is 0 Å². The monoisotopic (exact) mass is 385 g/mol. The number of aryl methyl sites for hydroxylation is 1. The molecule has 0 spiro atoms. The zero-order valence-corrected chi connectivity index (χ0v) is 13.7. The number of aromatic nitrogens is 2. The molecule has 1 heterocycles. The predicted octanol–water partition coefficient (Wildman–Crippen LogP) is 3.71. The van der Waals surface area contributed by atoms with Crippen molar-refractivity contribution in [1.82, 2.24) is 9.97 Å². The minimum atomic E-state index is 0.385. The highest BCUT2D eigenvalue weighted by Gasteiger charge is 2.12. The van der Waals surface area contributed by atoms with Gasteiger partial charge in [0, 0.05) is 17.1 Å². The third-order valence-electron chi connectivity index (χ3n) is 2.64. The number of anilines is 1. The molecule has 2 aromatic rings. The van der Waals surface area contributed by atoms with Gasteiger partial charge in [-0.25, -0.2) is 9.97 Å². The quantitative estimate of drug-likeness (QED) is 0.873. The zero-order valence-electron chi connectivity index (χ0n) is 10.6. The Bertz CT molecular complexity index is 617. The molecule has 2 rings (SSSR count). The number of methoxy groups -OCH3 is 1. The Morgan fingerprint density at radius 1 is 1.26 bits per heavy atom. The summed E-state index contributed by atoms with van der Waals surface area (Å²) in [4.78, 5) is 8.79. The van der Waals surface area contributed by atoms with Gasteiger partial charge in [0.05, 0.1) is 16.8 Å². The summed E-state index contributed by atoms with van der Waals surface area (Å²) in [6.45, 7) is 2.40. The van der Waals surface area contributed by atoms with E-state index in [1.807, 2.05) is 25.1 Å². The Morgan fingerprint density at radius 3 is 2.63 bits per heavy atom. The van der Waals surface area contributed by atoms with Crippen molar-refractivity contribution >= 4 is 37.7 Å². The molecule has 19 heavy (non-hydrogen) atoms. The molecule has 4 nitrogen and oxygen atoms in total. The minimum absolute atomic E-state index is 0.385. The molecule has 100 valence electrons. The van der Waals surface area contributed by atoms with E-state index in [1.54, 1.807) is 7.11 Å². The lowest BCUT2D eigenvalue weighted by Crippen LogP contribution is -2.04. The Morgan fingerprint density at radius 2 is 2.00 bits per heavy atom. The maximum Gasteiger partial charge on any atom is 0.161 e. The van der Waals surface area contributed by atoms with Crippen molar-refractivity contribution in [3.05, 3.63) is 38.4 Å². The van der Waals surface area contributed by atoms with Gasteiger partial charge in [0.25, 0.3) is 0 Å². The molecule has 0 aliphatic heterocycles. The van der Waals surface area contributed by atoms with Crippen molar-refractivity contribution in [3.63, 3.8) is 0 Å². The van der Waals surface area contributed by atoms with Crippen molar-refractivity contribution < 1.29 is 4.74 Å². The molecule has 0 saturated carbocycles. The molecule has 2 N–H and O–H groups in total. The highest BCUT2D eigenvalue weighted by atomic mass is 79.9. The van der Waals surface area contributed by atoms with E-state index < -0.39 is 0 Å². The summed E-state index contributed by atoms with van der Waals surface area (Å²) in [5.41, 5.74) is 8.68. The molecule has 0 unspecified atom stereocenters. The first-order chi connectivity index (χ1) is 9.02. The molecule has 1 aromatic heterocycles. The summed E-state index contributed by atoms with van der Waals surface area (Å²) >= 11 is 6.85. The number of nitrogens with zero attached hydrogens (tertiary/aromatic N) is 2. The van der Waals surface area contributed by atoms with Gasteiger partial charge in [0.2, 0.25) is 0 Å². The van der Waals surface area contributed by atoms with E-state index in [4.69, 9.17) is 10.5 Å². The fourth-order valence-electron chi connectivity index (χ4n) is 1.66. The van der Waals surface area contributed by atoms with Gasteiger partial charge < -0.3 is 10.5 Å². The van der Waals surface area contributed by atoms with Gasteiger partial charge in [0.15, 0.2) is 5.82 Å². The van der Waals surface area contributed by atoms with Gasteiger partial charge in [-0.05, 0) is 40.5 Å². The summed E-state index contributed by atoms with van der Waals surface area (Å²) < 4.78 is 6.86. The number of ether oxygens (including phenoxy) is 1. The average molecular weight is 387 g/mol. The molecule has 0 atom stereocenters. The summed E-state index contributed by atoms with van der Waals surface area (Å²) in [6.07, 6.45) is 0. The number of nitrogens with two attached hydrogens (primary N) is 1. The zero-order chi connectivity index (χ0) is 14.0. The average Bonchev–Trinajstić information content (AvgIpc) is 2.38. The standard InChI is InChI=1S/C13H13Br2N3O/c1-7-5-8(3-4-9(7)14)13-17-10(6-19-2)11(15)12(16)18-13/h3-5H,6H2,1-2H3,(H2,16,17,18). The Labute approximate surface area is 128 Å². The van der Waals surface area contributed by atoms with Crippen LogP contribution in [0.2, 0.25) is 0 Å². The molecule has 0 aliphatic rings. The number of nitrogen functional groups attached to an aromatic ring is 1. The topological polar surface area (TPSA) is 61.0 Å². The molecule has 0 aliphatic carbocycles. The van der Waals surface area contributed by atoms with E-state index >= 15 is 0 Å². The second kappa shape index (κ2) is 5.98. The molecule has 0 amide bonds. The largest absolute Gasteiger partial charge is 0.383 e. The molecule has 1 aromatic carbocycles. The van der Waals surface area contributed by atoms with Crippen LogP contribution in [0.4, 0.5) is 5.82 Å². The van der Waals surface area contributed by atoms with Crippen molar-refractivity contribution in [2.45, 2.75) is 13.5 Å². The Balaban J connectivity index is 2.52. The molecule has 0 bridgehead atoms. The van der Waals surface area contributed by atoms with Crippen LogP contribution >= 0.6 is 31.9 Å². The van der Waals surface area contributed by atoms with Crippen molar-refractivity contribution in [2.24, 2.45) is 0 Å². The maximum atomic E-state index is 5.89. The van der Waals surface area contributed by atoms with E-state index in [9.17, 15) is 0 Å². The number of benzene rings is 1. The van der Waals surface area contributed by atoms with E-state index in [1.165, 1.54) is 0 Å². The normalized spacial score (nSPS) is 10.7. The Kier molecular flexibility index (Phi) is 4.54. The number of halogens is 2. The molecule has 0 saturated heterocycles. The van der Waals surface area contributed by atoms with Crippen LogP contribution in [0.15, 0.2) is 27.1 Å². The smallest absolute Gasteiger partial charge is 0.161 e. The SMILES string of the molecule is COCc1nc(-c2ccc(Br)c(C)c2)nc(N)c1Br. The van der Waals surface area contributed by atoms with Gasteiger partial charge in [-0.3, -0.25) is 0 Å². The molecular formula is C13H13Br2N3O. The minimum Gasteiger partial charge on any atom is -0.383 e. The van der Waals surface area contributed by atoms with E-state index in [0.29, 0.717) is 22.7 Å². The van der Waals surface area contributed by atoms with E-state index in [2.05, 4.69) is 41.8 Å². The molecule has 6 heteroatoms. The van der Waals surface area contributed by atoms with Crippen molar-refractivity contribution in [1.29, 1.82) is 0 Å². The first-order valence-corrected chi connectivity index (χ1v) is 7.19. The van der Waals surface area contributed by atoms with Crippen LogP contribution < -0.4 is 5.73 Å². The molecular weight excluding hydrogens is 374 g/mol. The number of rotatable bonds is 3. The highest BCUT2D eigenvalue weighted by Crippen LogP contribution is 2.27. The summed E-state index contributed by atoms with van der Waals surface area (Å²) in [6, 6.07) is 5.95. The first-order valence-electron chi connectivity index (χ1n) is 5.60. The second-order valence-corrected chi connectivity index (χ2v) is 5.74. The van der Waals surface area contributed by atoms with Gasteiger partial charge in [0.1, 0.15) is 5.82 Å². The number of hydrogen-bond donors (Lipinski definition) is 1. The Hall–Kier alpha value is -0.980. The second-order valence-electron chi connectivity index (χ2n) is 4.09. The summed E-state index contributed by atoms with van der Waals surface area (Å²) in [5, 5.41) is 0. The highest BCUT2D eigenvalue weighted by molar-refractivity contribution is 9.11. The third kappa shape index (κ3) is 3.13. The van der Waals surface area contributed by atoms with Gasteiger partial charge in [-0.15, -0.1) is 0 Å². The molecule has 0 fully saturated rings.